The van der Waals surface area contributed by atoms with Gasteiger partial charge in [0.25, 0.3) is 0 Å². The Hall–Kier alpha value is -2.75. The second-order valence-corrected chi connectivity index (χ2v) is 7.56. The van der Waals surface area contributed by atoms with Gasteiger partial charge in [0.1, 0.15) is 0 Å². The number of pyridine rings is 1. The summed E-state index contributed by atoms with van der Waals surface area (Å²) >= 11 is 9.43. The van der Waals surface area contributed by atoms with Crippen molar-refractivity contribution in [3.8, 4) is 22.4 Å². The Balaban J connectivity index is 0.000000139. The van der Waals surface area contributed by atoms with E-state index in [-0.39, 0.29) is 5.78 Å². The second kappa shape index (κ2) is 8.09. The first-order chi connectivity index (χ1) is 13.6. The van der Waals surface area contributed by atoms with Crippen LogP contribution in [0, 0.1) is 0 Å². The van der Waals surface area contributed by atoms with E-state index >= 15 is 0 Å². The highest BCUT2D eigenvalue weighted by atomic mass is 79.9. The molecule has 4 heteroatoms. The molecule has 1 heterocycles. The van der Waals surface area contributed by atoms with Crippen LogP contribution in [0.25, 0.3) is 22.4 Å². The number of nitrogens with zero attached hydrogens (tertiary/aromatic N) is 1. The number of carbonyl (C=O) groups is 1. The first kappa shape index (κ1) is 18.6. The van der Waals surface area contributed by atoms with Crippen LogP contribution < -0.4 is 0 Å². The Morgan fingerprint density at radius 1 is 0.714 bits per heavy atom. The number of hydrogen-bond donors (Lipinski definition) is 0. The zero-order chi connectivity index (χ0) is 19.5. The fourth-order valence-electron chi connectivity index (χ4n) is 3.17. The summed E-state index contributed by atoms with van der Waals surface area (Å²) in [7, 11) is 0. The molecule has 1 aliphatic rings. The second-order valence-electron chi connectivity index (χ2n) is 6.26. The van der Waals surface area contributed by atoms with Gasteiger partial charge < -0.3 is 0 Å². The van der Waals surface area contributed by atoms with Gasteiger partial charge in [-0.05, 0) is 47.5 Å². The first-order valence-corrected chi connectivity index (χ1v) is 9.92. The van der Waals surface area contributed by atoms with Crippen LogP contribution in [-0.2, 0) is 0 Å². The predicted molar refractivity (Wildman–Crippen MR) is 118 cm³/mol. The van der Waals surface area contributed by atoms with E-state index in [0.29, 0.717) is 16.1 Å². The summed E-state index contributed by atoms with van der Waals surface area (Å²) < 4.78 is 1.14. The van der Waals surface area contributed by atoms with E-state index in [4.69, 9.17) is 11.6 Å². The number of fused-ring (bicyclic) bond motifs is 3. The maximum absolute atomic E-state index is 11.9. The molecule has 0 bridgehead atoms. The lowest BCUT2D eigenvalue weighted by Gasteiger charge is -2.02. The molecule has 0 unspecified atom stereocenters. The molecule has 0 saturated carbocycles. The van der Waals surface area contributed by atoms with E-state index < -0.39 is 0 Å². The van der Waals surface area contributed by atoms with Crippen molar-refractivity contribution in [2.45, 2.75) is 0 Å². The zero-order valence-electron chi connectivity index (χ0n) is 14.8. The van der Waals surface area contributed by atoms with Gasteiger partial charge in [0.05, 0.1) is 5.69 Å². The molecule has 136 valence electrons. The predicted octanol–water partition coefficient (Wildman–Crippen LogP) is 7.06. The van der Waals surface area contributed by atoms with E-state index in [2.05, 4.69) is 57.3 Å². The number of ketones is 1. The molecule has 1 aliphatic carbocycles. The molecule has 3 aromatic carbocycles. The Morgan fingerprint density at radius 2 is 1.43 bits per heavy atom. The SMILES string of the molecule is Brc1ccccc1-c1ccccc1.O=C1c2ccc(Cl)cc2-c2ncccc21. The number of rotatable bonds is 1. The minimum Gasteiger partial charge on any atom is -0.289 e. The van der Waals surface area contributed by atoms with E-state index in [1.165, 1.54) is 11.1 Å². The molecule has 0 saturated heterocycles. The van der Waals surface area contributed by atoms with Crippen LogP contribution in [0.3, 0.4) is 0 Å². The van der Waals surface area contributed by atoms with Crippen LogP contribution in [0.2, 0.25) is 5.02 Å². The lowest BCUT2D eigenvalue weighted by Crippen LogP contribution is -1.94. The van der Waals surface area contributed by atoms with E-state index in [9.17, 15) is 4.79 Å². The average molecular weight is 449 g/mol. The summed E-state index contributed by atoms with van der Waals surface area (Å²) in [6, 6.07) is 27.4. The number of carbonyl (C=O) groups excluding carboxylic acids is 1. The van der Waals surface area contributed by atoms with Gasteiger partial charge in [-0.1, -0.05) is 76.1 Å². The smallest absolute Gasteiger partial charge is 0.195 e. The van der Waals surface area contributed by atoms with Crippen LogP contribution in [0.15, 0.2) is 95.6 Å². The molecule has 0 N–H and O–H groups in total. The standard InChI is InChI=1S/C12H9Br.C12H6ClNO/c13-12-9-5-4-8-11(12)10-6-2-1-3-7-10;13-7-3-4-8-10(6-7)11-9(12(8)15)2-1-5-14-11/h1-9H;1-6H. The highest BCUT2D eigenvalue weighted by Crippen LogP contribution is 2.36. The summed E-state index contributed by atoms with van der Waals surface area (Å²) in [4.78, 5) is 16.1. The third-order valence-electron chi connectivity index (χ3n) is 4.49. The van der Waals surface area contributed by atoms with Crippen molar-refractivity contribution in [2.75, 3.05) is 0 Å². The van der Waals surface area contributed by atoms with Gasteiger partial charge in [0.2, 0.25) is 0 Å². The van der Waals surface area contributed by atoms with Crippen LogP contribution in [-0.4, -0.2) is 10.8 Å². The van der Waals surface area contributed by atoms with Crippen molar-refractivity contribution in [1.82, 2.24) is 4.98 Å². The number of hydrogen-bond acceptors (Lipinski definition) is 2. The topological polar surface area (TPSA) is 30.0 Å². The van der Waals surface area contributed by atoms with Crippen molar-refractivity contribution in [3.05, 3.63) is 112 Å². The highest BCUT2D eigenvalue weighted by Gasteiger charge is 2.27. The van der Waals surface area contributed by atoms with Crippen molar-refractivity contribution in [3.63, 3.8) is 0 Å². The lowest BCUT2D eigenvalue weighted by atomic mass is 10.1. The molecule has 0 fully saturated rings. The summed E-state index contributed by atoms with van der Waals surface area (Å²) in [5.74, 6) is 0.0322. The molecule has 28 heavy (non-hydrogen) atoms. The van der Waals surface area contributed by atoms with E-state index in [1.54, 1.807) is 36.5 Å². The fourth-order valence-corrected chi connectivity index (χ4v) is 3.86. The van der Waals surface area contributed by atoms with Crippen molar-refractivity contribution >= 4 is 33.3 Å². The quantitative estimate of drug-likeness (QED) is 0.275. The fraction of sp³-hybridized carbons (Fsp3) is 0. The Labute approximate surface area is 177 Å². The van der Waals surface area contributed by atoms with Gasteiger partial charge in [0, 0.05) is 32.4 Å². The first-order valence-electron chi connectivity index (χ1n) is 8.75. The molecule has 0 atom stereocenters. The van der Waals surface area contributed by atoms with Crippen LogP contribution in [0.4, 0.5) is 0 Å². The molecule has 4 aromatic rings. The lowest BCUT2D eigenvalue weighted by molar-refractivity contribution is 0.104. The van der Waals surface area contributed by atoms with E-state index in [1.807, 2.05) is 18.2 Å². The molecule has 1 aromatic heterocycles. The van der Waals surface area contributed by atoms with Gasteiger partial charge >= 0.3 is 0 Å². The van der Waals surface area contributed by atoms with Crippen molar-refractivity contribution in [2.24, 2.45) is 0 Å². The van der Waals surface area contributed by atoms with Gasteiger partial charge in [-0.15, -0.1) is 0 Å². The highest BCUT2D eigenvalue weighted by molar-refractivity contribution is 9.10. The molecule has 0 amide bonds. The Kier molecular flexibility index (Phi) is 5.38. The molecule has 2 nitrogen and oxygen atoms in total. The van der Waals surface area contributed by atoms with Crippen LogP contribution >= 0.6 is 27.5 Å². The summed E-state index contributed by atoms with van der Waals surface area (Å²) in [6.45, 7) is 0. The maximum Gasteiger partial charge on any atom is 0.195 e. The van der Waals surface area contributed by atoms with Crippen LogP contribution in [0.1, 0.15) is 15.9 Å². The summed E-state index contributed by atoms with van der Waals surface area (Å²) in [6.07, 6.45) is 1.68. The van der Waals surface area contributed by atoms with Crippen LogP contribution in [0.5, 0.6) is 0 Å². The number of aromatic nitrogens is 1. The van der Waals surface area contributed by atoms with Gasteiger partial charge in [-0.2, -0.15) is 0 Å². The largest absolute Gasteiger partial charge is 0.289 e. The molecular formula is C24H15BrClNO. The van der Waals surface area contributed by atoms with Gasteiger partial charge in [-0.3, -0.25) is 9.78 Å². The maximum atomic E-state index is 11.9. The third kappa shape index (κ3) is 3.64. The zero-order valence-corrected chi connectivity index (χ0v) is 17.1. The van der Waals surface area contributed by atoms with Gasteiger partial charge in [-0.25, -0.2) is 0 Å². The number of benzene rings is 3. The van der Waals surface area contributed by atoms with Crippen molar-refractivity contribution in [1.29, 1.82) is 0 Å². The minimum atomic E-state index is 0.0322. The summed E-state index contributed by atoms with van der Waals surface area (Å²) in [5, 5.41) is 0.625. The van der Waals surface area contributed by atoms with E-state index in [0.717, 1.165) is 15.7 Å². The number of halogens is 2. The average Bonchev–Trinajstić information content (AvgIpc) is 3.01. The minimum absolute atomic E-state index is 0.0322. The molecule has 5 rings (SSSR count). The molecular weight excluding hydrogens is 434 g/mol. The Bertz CT molecular complexity index is 1160. The van der Waals surface area contributed by atoms with Gasteiger partial charge in [0.15, 0.2) is 5.78 Å². The monoisotopic (exact) mass is 447 g/mol. The summed E-state index contributed by atoms with van der Waals surface area (Å²) in [5.41, 5.74) is 5.41. The normalized spacial score (nSPS) is 11.3. The molecule has 0 spiro atoms. The Morgan fingerprint density at radius 3 is 2.21 bits per heavy atom. The molecule has 0 aliphatic heterocycles. The molecule has 0 radical (unpaired) electrons. The van der Waals surface area contributed by atoms with Crippen molar-refractivity contribution < 1.29 is 4.79 Å². The third-order valence-corrected chi connectivity index (χ3v) is 5.42.